The highest BCUT2D eigenvalue weighted by atomic mass is 16.5. The van der Waals surface area contributed by atoms with Gasteiger partial charge in [0.2, 0.25) is 0 Å². The van der Waals surface area contributed by atoms with Crippen LogP contribution < -0.4 is 0 Å². The van der Waals surface area contributed by atoms with Crippen molar-refractivity contribution in [2.75, 3.05) is 19.7 Å². The van der Waals surface area contributed by atoms with E-state index < -0.39 is 11.6 Å². The van der Waals surface area contributed by atoms with Crippen molar-refractivity contribution in [3.05, 3.63) is 65.0 Å². The number of carbonyl (C=O) groups is 2. The highest BCUT2D eigenvalue weighted by molar-refractivity contribution is 5.97. The molecule has 128 valence electrons. The van der Waals surface area contributed by atoms with Crippen LogP contribution in [0.3, 0.4) is 0 Å². The van der Waals surface area contributed by atoms with Crippen molar-refractivity contribution in [3.63, 3.8) is 0 Å². The quantitative estimate of drug-likeness (QED) is 0.907. The van der Waals surface area contributed by atoms with E-state index in [1.807, 2.05) is 12.1 Å². The Balaban J connectivity index is 1.61. The summed E-state index contributed by atoms with van der Waals surface area (Å²) in [5, 5.41) is 9.09. The number of carboxylic acids is 1. The molecule has 1 aliphatic heterocycles. The first-order chi connectivity index (χ1) is 12.1. The van der Waals surface area contributed by atoms with E-state index >= 15 is 0 Å². The number of carboxylic acid groups (broad SMARTS) is 1. The standard InChI is InChI=1S/C19H18N2O4/c22-17(14-9-15(18(23)24)11-20-10-14)21-7-8-25-19(12-21)6-5-13-3-1-2-4-16(13)19/h1-4,9-11H,5-8,12H2,(H,23,24). The first-order valence-electron chi connectivity index (χ1n) is 8.29. The van der Waals surface area contributed by atoms with Crippen molar-refractivity contribution >= 4 is 11.9 Å². The fraction of sp³-hybridized carbons (Fsp3) is 0.316. The molecule has 1 unspecified atom stereocenters. The van der Waals surface area contributed by atoms with E-state index in [0.717, 1.165) is 18.4 Å². The smallest absolute Gasteiger partial charge is 0.337 e. The topological polar surface area (TPSA) is 79.7 Å². The molecule has 1 fully saturated rings. The summed E-state index contributed by atoms with van der Waals surface area (Å²) in [6.45, 7) is 1.42. The lowest BCUT2D eigenvalue weighted by Crippen LogP contribution is -2.51. The molecule has 1 spiro atoms. The summed E-state index contributed by atoms with van der Waals surface area (Å²) in [6, 6.07) is 9.57. The molecule has 2 aliphatic rings. The van der Waals surface area contributed by atoms with E-state index in [9.17, 15) is 9.59 Å². The van der Waals surface area contributed by atoms with Crippen LogP contribution in [-0.4, -0.2) is 46.6 Å². The molecule has 6 nitrogen and oxygen atoms in total. The summed E-state index contributed by atoms with van der Waals surface area (Å²) >= 11 is 0. The van der Waals surface area contributed by atoms with Gasteiger partial charge in [-0.3, -0.25) is 9.78 Å². The molecular weight excluding hydrogens is 320 g/mol. The lowest BCUT2D eigenvalue weighted by molar-refractivity contribution is -0.103. The van der Waals surface area contributed by atoms with Crippen LogP contribution in [0.2, 0.25) is 0 Å². The van der Waals surface area contributed by atoms with Gasteiger partial charge in [-0.1, -0.05) is 24.3 Å². The van der Waals surface area contributed by atoms with Gasteiger partial charge >= 0.3 is 5.97 Å². The molecule has 1 saturated heterocycles. The fourth-order valence-corrected chi connectivity index (χ4v) is 3.78. The normalized spacial score (nSPS) is 22.0. The second-order valence-electron chi connectivity index (χ2n) is 6.49. The Morgan fingerprint density at radius 1 is 1.20 bits per heavy atom. The largest absolute Gasteiger partial charge is 0.478 e. The van der Waals surface area contributed by atoms with Crippen LogP contribution in [0.15, 0.2) is 42.7 Å². The second kappa shape index (κ2) is 5.97. The van der Waals surface area contributed by atoms with Crippen LogP contribution in [-0.2, 0) is 16.8 Å². The number of pyridine rings is 1. The number of carbonyl (C=O) groups excluding carboxylic acids is 1. The van der Waals surface area contributed by atoms with E-state index in [4.69, 9.17) is 9.84 Å². The Kier molecular flexibility index (Phi) is 3.77. The Hall–Kier alpha value is -2.73. The number of hydrogen-bond donors (Lipinski definition) is 1. The first kappa shape index (κ1) is 15.8. The zero-order valence-electron chi connectivity index (χ0n) is 13.6. The Labute approximate surface area is 145 Å². The molecular formula is C19H18N2O4. The number of hydrogen-bond acceptors (Lipinski definition) is 4. The molecule has 1 aromatic heterocycles. The molecule has 1 N–H and O–H groups in total. The maximum Gasteiger partial charge on any atom is 0.337 e. The maximum atomic E-state index is 12.9. The van der Waals surface area contributed by atoms with Crippen LogP contribution in [0, 0.1) is 0 Å². The van der Waals surface area contributed by atoms with Crippen LogP contribution in [0.5, 0.6) is 0 Å². The summed E-state index contributed by atoms with van der Waals surface area (Å²) in [4.78, 5) is 29.6. The first-order valence-corrected chi connectivity index (χ1v) is 8.29. The van der Waals surface area contributed by atoms with Gasteiger partial charge in [0.05, 0.1) is 24.3 Å². The van der Waals surface area contributed by atoms with Gasteiger partial charge in [0.15, 0.2) is 0 Å². The molecule has 0 radical (unpaired) electrons. The molecule has 2 aromatic rings. The van der Waals surface area contributed by atoms with Crippen molar-refractivity contribution in [3.8, 4) is 0 Å². The number of fused-ring (bicyclic) bond motifs is 2. The number of amides is 1. The second-order valence-corrected chi connectivity index (χ2v) is 6.49. The van der Waals surface area contributed by atoms with Gasteiger partial charge in [-0.05, 0) is 30.0 Å². The summed E-state index contributed by atoms with van der Waals surface area (Å²) < 4.78 is 6.13. The highest BCUT2D eigenvalue weighted by Gasteiger charge is 2.44. The van der Waals surface area contributed by atoms with Gasteiger partial charge in [-0.25, -0.2) is 4.79 Å². The number of ether oxygens (including phenoxy) is 1. The average molecular weight is 338 g/mol. The predicted octanol–water partition coefficient (Wildman–Crippen LogP) is 2.09. The van der Waals surface area contributed by atoms with Crippen molar-refractivity contribution < 1.29 is 19.4 Å². The predicted molar refractivity (Wildman–Crippen MR) is 89.5 cm³/mol. The summed E-state index contributed by atoms with van der Waals surface area (Å²) in [5.41, 5.74) is 2.28. The van der Waals surface area contributed by atoms with E-state index in [0.29, 0.717) is 25.3 Å². The number of aromatic carboxylic acids is 1. The molecule has 1 amide bonds. The van der Waals surface area contributed by atoms with E-state index in [2.05, 4.69) is 17.1 Å². The number of benzene rings is 1. The molecule has 6 heteroatoms. The average Bonchev–Trinajstić information content (AvgIpc) is 2.99. The van der Waals surface area contributed by atoms with E-state index in [1.165, 1.54) is 24.0 Å². The van der Waals surface area contributed by atoms with Crippen molar-refractivity contribution in [2.45, 2.75) is 18.4 Å². The lowest BCUT2D eigenvalue weighted by Gasteiger charge is -2.41. The molecule has 0 saturated carbocycles. The molecule has 4 rings (SSSR count). The maximum absolute atomic E-state index is 12.9. The van der Waals surface area contributed by atoms with Gasteiger partial charge < -0.3 is 14.7 Å². The minimum atomic E-state index is -1.09. The summed E-state index contributed by atoms with van der Waals surface area (Å²) in [6.07, 6.45) is 4.45. The SMILES string of the molecule is O=C(O)c1cncc(C(=O)N2CCOC3(CCc4ccccc43)C2)c1. The Bertz CT molecular complexity index is 847. The number of aromatic nitrogens is 1. The van der Waals surface area contributed by atoms with Gasteiger partial charge in [-0.2, -0.15) is 0 Å². The molecule has 1 aromatic carbocycles. The molecule has 0 bridgehead atoms. The van der Waals surface area contributed by atoms with Crippen LogP contribution in [0.4, 0.5) is 0 Å². The minimum absolute atomic E-state index is 0.0139. The van der Waals surface area contributed by atoms with Crippen LogP contribution >= 0.6 is 0 Å². The molecule has 1 atom stereocenters. The van der Waals surface area contributed by atoms with Gasteiger partial charge in [0.25, 0.3) is 5.91 Å². The Morgan fingerprint density at radius 2 is 2.00 bits per heavy atom. The number of morpholine rings is 1. The van der Waals surface area contributed by atoms with E-state index in [1.54, 1.807) is 4.90 Å². The molecule has 1 aliphatic carbocycles. The number of aryl methyl sites for hydroxylation is 1. The molecule has 25 heavy (non-hydrogen) atoms. The number of rotatable bonds is 2. The van der Waals surface area contributed by atoms with Crippen molar-refractivity contribution in [1.82, 2.24) is 9.88 Å². The van der Waals surface area contributed by atoms with Crippen LogP contribution in [0.25, 0.3) is 0 Å². The van der Waals surface area contributed by atoms with Gasteiger partial charge in [-0.15, -0.1) is 0 Å². The fourth-order valence-electron chi connectivity index (χ4n) is 3.78. The lowest BCUT2D eigenvalue weighted by atomic mass is 9.93. The number of nitrogens with zero attached hydrogens (tertiary/aromatic N) is 2. The zero-order valence-corrected chi connectivity index (χ0v) is 13.6. The third-order valence-corrected chi connectivity index (χ3v) is 5.01. The monoisotopic (exact) mass is 338 g/mol. The third kappa shape index (κ3) is 2.68. The van der Waals surface area contributed by atoms with Crippen molar-refractivity contribution in [2.24, 2.45) is 0 Å². The zero-order chi connectivity index (χ0) is 17.4. The molecule has 2 heterocycles. The summed E-state index contributed by atoms with van der Waals surface area (Å²) in [5.74, 6) is -1.30. The van der Waals surface area contributed by atoms with Crippen molar-refractivity contribution in [1.29, 1.82) is 0 Å². The van der Waals surface area contributed by atoms with Gasteiger partial charge in [0.1, 0.15) is 5.60 Å². The highest BCUT2D eigenvalue weighted by Crippen LogP contribution is 2.42. The summed E-state index contributed by atoms with van der Waals surface area (Å²) in [7, 11) is 0. The minimum Gasteiger partial charge on any atom is -0.478 e. The third-order valence-electron chi connectivity index (χ3n) is 5.01. The van der Waals surface area contributed by atoms with Crippen LogP contribution in [0.1, 0.15) is 38.3 Å². The Morgan fingerprint density at radius 3 is 2.84 bits per heavy atom. The van der Waals surface area contributed by atoms with Gasteiger partial charge in [0, 0.05) is 18.9 Å². The van der Waals surface area contributed by atoms with E-state index in [-0.39, 0.29) is 11.5 Å².